The average Bonchev–Trinajstić information content (AvgIpc) is 3.41. The first kappa shape index (κ1) is 19.6. The molecule has 2 aromatic rings. The Balaban J connectivity index is 1.49. The lowest BCUT2D eigenvalue weighted by atomic mass is 9.98. The Morgan fingerprint density at radius 2 is 1.93 bits per heavy atom. The number of piperidine rings is 1. The van der Waals surface area contributed by atoms with Crippen LogP contribution in [-0.2, 0) is 21.4 Å². The number of rotatable bonds is 6. The van der Waals surface area contributed by atoms with Crippen molar-refractivity contribution in [3.05, 3.63) is 52.2 Å². The van der Waals surface area contributed by atoms with Gasteiger partial charge in [-0.25, -0.2) is 8.42 Å². The van der Waals surface area contributed by atoms with Crippen molar-refractivity contribution in [2.24, 2.45) is 5.92 Å². The Labute approximate surface area is 171 Å². The first-order valence-corrected chi connectivity index (χ1v) is 12.2. The van der Waals surface area contributed by atoms with Gasteiger partial charge in [-0.2, -0.15) is 4.31 Å². The van der Waals surface area contributed by atoms with Crippen LogP contribution in [0.3, 0.4) is 0 Å². The number of carbonyl (C=O) groups excluding carboxylic acids is 1. The maximum atomic E-state index is 13.3. The number of aryl methyl sites for hydroxylation is 1. The third kappa shape index (κ3) is 4.16. The van der Waals surface area contributed by atoms with Crippen molar-refractivity contribution in [3.8, 4) is 0 Å². The average molecular weight is 419 g/mol. The van der Waals surface area contributed by atoms with E-state index in [0.29, 0.717) is 24.0 Å². The van der Waals surface area contributed by atoms with Gasteiger partial charge in [-0.3, -0.25) is 4.79 Å². The van der Waals surface area contributed by atoms with Crippen LogP contribution >= 0.6 is 11.3 Å². The van der Waals surface area contributed by atoms with Crippen molar-refractivity contribution < 1.29 is 13.2 Å². The summed E-state index contributed by atoms with van der Waals surface area (Å²) in [6, 6.07) is 11.3. The lowest BCUT2D eigenvalue weighted by Crippen LogP contribution is -2.47. The highest BCUT2D eigenvalue weighted by molar-refractivity contribution is 7.89. The number of hydrogen-bond acceptors (Lipinski definition) is 4. The monoisotopic (exact) mass is 418 g/mol. The normalized spacial score (nSPS) is 20.8. The quantitative estimate of drug-likeness (QED) is 0.720. The van der Waals surface area contributed by atoms with Gasteiger partial charge in [-0.05, 0) is 56.2 Å². The Hall–Kier alpha value is -1.70. The zero-order valence-electron chi connectivity index (χ0n) is 16.1. The summed E-state index contributed by atoms with van der Waals surface area (Å²) in [4.78, 5) is 16.7. The molecule has 1 aromatic carbocycles. The minimum atomic E-state index is -3.56. The van der Waals surface area contributed by atoms with Gasteiger partial charge in [0.05, 0.1) is 17.4 Å². The minimum Gasteiger partial charge on any atom is -0.334 e. The van der Waals surface area contributed by atoms with Crippen LogP contribution in [0.5, 0.6) is 0 Å². The summed E-state index contributed by atoms with van der Waals surface area (Å²) in [5.74, 6) is -0.144. The van der Waals surface area contributed by atoms with E-state index >= 15 is 0 Å². The van der Waals surface area contributed by atoms with Crippen LogP contribution in [-0.4, -0.2) is 42.7 Å². The van der Waals surface area contributed by atoms with Crippen molar-refractivity contribution in [1.29, 1.82) is 0 Å². The number of hydrogen-bond donors (Lipinski definition) is 0. The van der Waals surface area contributed by atoms with Crippen LogP contribution < -0.4 is 0 Å². The molecule has 2 aliphatic rings. The largest absolute Gasteiger partial charge is 0.334 e. The second-order valence-corrected chi connectivity index (χ2v) is 10.8. The van der Waals surface area contributed by atoms with E-state index in [9.17, 15) is 13.2 Å². The van der Waals surface area contributed by atoms with E-state index in [2.05, 4.69) is 6.07 Å². The Kier molecular flexibility index (Phi) is 5.58. The fourth-order valence-electron chi connectivity index (χ4n) is 3.80. The van der Waals surface area contributed by atoms with E-state index in [-0.39, 0.29) is 18.4 Å². The molecule has 0 unspecified atom stereocenters. The first-order chi connectivity index (χ1) is 13.4. The van der Waals surface area contributed by atoms with Crippen LogP contribution in [0.1, 0.15) is 36.1 Å². The van der Waals surface area contributed by atoms with E-state index in [1.807, 2.05) is 35.4 Å². The molecule has 1 saturated carbocycles. The van der Waals surface area contributed by atoms with Crippen molar-refractivity contribution in [3.63, 3.8) is 0 Å². The summed E-state index contributed by atoms with van der Waals surface area (Å²) in [5, 5.41) is 2.03. The van der Waals surface area contributed by atoms with Crippen molar-refractivity contribution in [2.45, 2.75) is 50.1 Å². The summed E-state index contributed by atoms with van der Waals surface area (Å²) in [6.07, 6.45) is 3.58. The second kappa shape index (κ2) is 7.97. The molecule has 2 fully saturated rings. The summed E-state index contributed by atoms with van der Waals surface area (Å²) in [5.41, 5.74) is 1.03. The number of nitrogens with zero attached hydrogens (tertiary/aromatic N) is 2. The van der Waals surface area contributed by atoms with Gasteiger partial charge in [0.2, 0.25) is 15.9 Å². The third-order valence-electron chi connectivity index (χ3n) is 5.57. The molecule has 1 aliphatic carbocycles. The molecule has 1 atom stereocenters. The van der Waals surface area contributed by atoms with E-state index in [0.717, 1.165) is 31.2 Å². The SMILES string of the molecule is Cc1ccc(S(=O)(=O)N2CCC[C@H](C(=O)N(Cc3cccs3)C3CC3)C2)cc1. The molecule has 1 aliphatic heterocycles. The molecule has 0 radical (unpaired) electrons. The molecule has 1 saturated heterocycles. The van der Waals surface area contributed by atoms with E-state index < -0.39 is 10.0 Å². The predicted octanol–water partition coefficient (Wildman–Crippen LogP) is 3.65. The first-order valence-electron chi connectivity index (χ1n) is 9.85. The summed E-state index contributed by atoms with van der Waals surface area (Å²) in [7, 11) is -3.56. The zero-order valence-corrected chi connectivity index (χ0v) is 17.7. The van der Waals surface area contributed by atoms with Gasteiger partial charge in [0.25, 0.3) is 0 Å². The molecule has 0 N–H and O–H groups in total. The maximum absolute atomic E-state index is 13.3. The molecule has 0 bridgehead atoms. The smallest absolute Gasteiger partial charge is 0.243 e. The molecule has 4 rings (SSSR count). The standard InChI is InChI=1S/C21H26N2O3S2/c1-16-6-10-20(11-7-16)28(25,26)22-12-2-4-17(14-22)21(24)23(18-8-9-18)15-19-5-3-13-27-19/h3,5-7,10-11,13,17-18H,2,4,8-9,12,14-15H2,1H3/t17-/m0/s1. The van der Waals surface area contributed by atoms with Gasteiger partial charge in [0.15, 0.2) is 0 Å². The highest BCUT2D eigenvalue weighted by Gasteiger charge is 2.39. The van der Waals surface area contributed by atoms with E-state index in [1.165, 1.54) is 9.18 Å². The van der Waals surface area contributed by atoms with E-state index in [4.69, 9.17) is 0 Å². The molecule has 0 spiro atoms. The third-order valence-corrected chi connectivity index (χ3v) is 8.31. The maximum Gasteiger partial charge on any atom is 0.243 e. The predicted molar refractivity (Wildman–Crippen MR) is 111 cm³/mol. The fourth-order valence-corrected chi connectivity index (χ4v) is 6.03. The minimum absolute atomic E-state index is 0.111. The van der Waals surface area contributed by atoms with Crippen LogP contribution in [0.2, 0.25) is 0 Å². The number of thiophene rings is 1. The zero-order chi connectivity index (χ0) is 19.7. The van der Waals surface area contributed by atoms with Crippen LogP contribution in [0, 0.1) is 12.8 Å². The van der Waals surface area contributed by atoms with E-state index in [1.54, 1.807) is 23.5 Å². The molecule has 1 aromatic heterocycles. The summed E-state index contributed by atoms with van der Waals surface area (Å²) < 4.78 is 27.6. The Morgan fingerprint density at radius 3 is 2.57 bits per heavy atom. The molecule has 150 valence electrons. The number of carbonyl (C=O) groups is 1. The lowest BCUT2D eigenvalue weighted by Gasteiger charge is -2.34. The Bertz CT molecular complexity index is 919. The van der Waals surface area contributed by atoms with Crippen molar-refractivity contribution in [1.82, 2.24) is 9.21 Å². The van der Waals surface area contributed by atoms with Gasteiger partial charge in [-0.15, -0.1) is 11.3 Å². The number of benzene rings is 1. The molecule has 2 heterocycles. The van der Waals surface area contributed by atoms with Crippen LogP contribution in [0.4, 0.5) is 0 Å². The van der Waals surface area contributed by atoms with Crippen molar-refractivity contribution in [2.75, 3.05) is 13.1 Å². The van der Waals surface area contributed by atoms with Gasteiger partial charge in [0, 0.05) is 24.0 Å². The topological polar surface area (TPSA) is 57.7 Å². The molecular weight excluding hydrogens is 392 g/mol. The summed E-state index contributed by atoms with van der Waals surface area (Å²) >= 11 is 1.66. The lowest BCUT2D eigenvalue weighted by molar-refractivity contribution is -0.137. The van der Waals surface area contributed by atoms with Crippen LogP contribution in [0.25, 0.3) is 0 Å². The highest BCUT2D eigenvalue weighted by atomic mass is 32.2. The molecular formula is C21H26N2O3S2. The molecule has 5 nitrogen and oxygen atoms in total. The Morgan fingerprint density at radius 1 is 1.18 bits per heavy atom. The van der Waals surface area contributed by atoms with Crippen LogP contribution in [0.15, 0.2) is 46.7 Å². The number of amides is 1. The molecule has 7 heteroatoms. The molecule has 28 heavy (non-hydrogen) atoms. The second-order valence-electron chi connectivity index (χ2n) is 7.79. The van der Waals surface area contributed by atoms with Gasteiger partial charge in [0.1, 0.15) is 0 Å². The fraction of sp³-hybridized carbons (Fsp3) is 0.476. The number of sulfonamides is 1. The molecule has 1 amide bonds. The highest BCUT2D eigenvalue weighted by Crippen LogP contribution is 2.33. The van der Waals surface area contributed by atoms with Gasteiger partial charge < -0.3 is 4.90 Å². The van der Waals surface area contributed by atoms with Crippen molar-refractivity contribution >= 4 is 27.3 Å². The van der Waals surface area contributed by atoms with Gasteiger partial charge in [-0.1, -0.05) is 23.8 Å². The van der Waals surface area contributed by atoms with Gasteiger partial charge >= 0.3 is 0 Å². The summed E-state index contributed by atoms with van der Waals surface area (Å²) in [6.45, 7) is 3.34.